The molecule has 300 valence electrons. The van der Waals surface area contributed by atoms with Crippen molar-refractivity contribution < 1.29 is 47.6 Å². The molecule has 4 aliphatic carbocycles. The van der Waals surface area contributed by atoms with E-state index in [2.05, 4.69) is 5.32 Å². The molecule has 7 rings (SSSR count). The van der Waals surface area contributed by atoms with E-state index in [9.17, 15) is 29.4 Å². The molecule has 5 aliphatic rings. The smallest absolute Gasteiger partial charge is 0.227 e. The van der Waals surface area contributed by atoms with Gasteiger partial charge in [0.1, 0.15) is 18.6 Å². The molecule has 0 bridgehead atoms. The summed E-state index contributed by atoms with van der Waals surface area (Å²) in [6.07, 6.45) is -0.977. The van der Waals surface area contributed by atoms with Gasteiger partial charge < -0.3 is 25.0 Å². The van der Waals surface area contributed by atoms with Crippen molar-refractivity contribution in [1.82, 2.24) is 0 Å². The fraction of sp³-hybridized carbons (Fsp3) is 0.556. The molecule has 4 fully saturated rings. The number of hydrogen-bond acceptors (Lipinski definition) is 8. The Labute approximate surface area is 326 Å². The highest BCUT2D eigenvalue weighted by atomic mass is 19.1. The highest BCUT2D eigenvalue weighted by Gasteiger charge is 2.80. The van der Waals surface area contributed by atoms with Crippen molar-refractivity contribution in [1.29, 1.82) is 0 Å². The summed E-state index contributed by atoms with van der Waals surface area (Å²) in [6, 6.07) is 15.0. The molecule has 0 spiro atoms. The Balaban J connectivity index is 1.07. The number of carbonyl (C=O) groups excluding carboxylic acids is 4. The van der Waals surface area contributed by atoms with E-state index in [0.29, 0.717) is 17.7 Å². The average molecular weight is 774 g/mol. The number of ether oxygens (including phenoxy) is 2. The predicted molar refractivity (Wildman–Crippen MR) is 205 cm³/mol. The summed E-state index contributed by atoms with van der Waals surface area (Å²) < 4.78 is 46.7. The van der Waals surface area contributed by atoms with E-state index in [4.69, 9.17) is 9.47 Å². The molecule has 3 saturated carbocycles. The zero-order chi connectivity index (χ0) is 40.5. The summed E-state index contributed by atoms with van der Waals surface area (Å²) in [7, 11) is 0. The number of halogens is 2. The number of ketones is 3. The maximum Gasteiger partial charge on any atom is 0.227 e. The number of alkyl halides is 2. The number of rotatable bonds is 11. The Kier molecular flexibility index (Phi) is 10.4. The van der Waals surface area contributed by atoms with Gasteiger partial charge in [0.2, 0.25) is 5.91 Å². The molecule has 11 heteroatoms. The van der Waals surface area contributed by atoms with Crippen LogP contribution >= 0.6 is 0 Å². The Morgan fingerprint density at radius 3 is 2.39 bits per heavy atom. The second kappa shape index (κ2) is 14.5. The SMILES string of the molecule is CC(C)[C@H](C)C(=O)C[C@@H](C)C(=O)Nc1cccc(Cc2ccc(C3O[C@@H]4C[C@H]5[C@@H]6C[C@H](F)C7=CC(=O)C=C[C@]7(C)[C@@]6(F)[C@@H](O)C[C@]5(C)[C@]4(C(=O)CO)O3)cc2)c1. The number of hydrogen-bond donors (Lipinski definition) is 3. The van der Waals surface area contributed by atoms with Crippen LogP contribution in [-0.4, -0.2) is 69.7 Å². The first-order valence-electron chi connectivity index (χ1n) is 19.8. The lowest BCUT2D eigenvalue weighted by Gasteiger charge is -2.63. The third kappa shape index (κ3) is 6.15. The molecule has 2 aromatic rings. The van der Waals surface area contributed by atoms with Crippen molar-refractivity contribution in [3.63, 3.8) is 0 Å². The van der Waals surface area contributed by atoms with E-state index >= 15 is 8.78 Å². The zero-order valence-electron chi connectivity index (χ0n) is 32.9. The molecule has 0 radical (unpaired) electrons. The molecule has 1 heterocycles. The average Bonchev–Trinajstić information content (AvgIpc) is 3.66. The third-order valence-electron chi connectivity index (χ3n) is 14.2. The van der Waals surface area contributed by atoms with Gasteiger partial charge in [0, 0.05) is 46.3 Å². The molecular formula is C45H53F2NO8. The topological polar surface area (TPSA) is 139 Å². The van der Waals surface area contributed by atoms with E-state index in [1.165, 1.54) is 19.1 Å². The second-order valence-corrected chi connectivity index (χ2v) is 17.7. The first-order chi connectivity index (χ1) is 26.4. The molecule has 1 unspecified atom stereocenters. The van der Waals surface area contributed by atoms with Crippen molar-refractivity contribution >= 4 is 28.9 Å². The van der Waals surface area contributed by atoms with Gasteiger partial charge in [0.05, 0.1) is 12.2 Å². The van der Waals surface area contributed by atoms with Crippen molar-refractivity contribution in [3.05, 3.63) is 89.0 Å². The zero-order valence-corrected chi connectivity index (χ0v) is 32.9. The third-order valence-corrected chi connectivity index (χ3v) is 14.2. The largest absolute Gasteiger partial charge is 0.390 e. The van der Waals surface area contributed by atoms with Crippen molar-refractivity contribution in [3.8, 4) is 0 Å². The Morgan fingerprint density at radius 1 is 1.00 bits per heavy atom. The molecule has 1 amide bonds. The molecule has 1 saturated heterocycles. The van der Waals surface area contributed by atoms with Gasteiger partial charge in [0.15, 0.2) is 29.1 Å². The summed E-state index contributed by atoms with van der Waals surface area (Å²) in [5.74, 6) is -3.23. The molecule has 1 aliphatic heterocycles. The maximum absolute atomic E-state index is 17.7. The van der Waals surface area contributed by atoms with Crippen LogP contribution < -0.4 is 5.32 Å². The van der Waals surface area contributed by atoms with Gasteiger partial charge in [-0.2, -0.15) is 0 Å². The number of nitrogens with one attached hydrogen (secondary N) is 1. The van der Waals surface area contributed by atoms with Crippen LogP contribution in [0, 0.1) is 40.4 Å². The normalized spacial score (nSPS) is 36.8. The molecule has 9 nitrogen and oxygen atoms in total. The van der Waals surface area contributed by atoms with E-state index in [0.717, 1.165) is 17.2 Å². The monoisotopic (exact) mass is 773 g/mol. The number of benzene rings is 2. The quantitative estimate of drug-likeness (QED) is 0.228. The van der Waals surface area contributed by atoms with Gasteiger partial charge in [-0.25, -0.2) is 8.78 Å². The number of anilines is 1. The predicted octanol–water partition coefficient (Wildman–Crippen LogP) is 6.75. The van der Waals surface area contributed by atoms with Crippen LogP contribution in [0.1, 0.15) is 90.2 Å². The summed E-state index contributed by atoms with van der Waals surface area (Å²) in [5.41, 5.74) is -3.63. The summed E-state index contributed by atoms with van der Waals surface area (Å²) in [4.78, 5) is 51.6. The van der Waals surface area contributed by atoms with Crippen molar-refractivity contribution in [2.75, 3.05) is 11.9 Å². The highest BCUT2D eigenvalue weighted by molar-refractivity contribution is 6.01. The number of aliphatic hydroxyl groups excluding tert-OH is 2. The summed E-state index contributed by atoms with van der Waals surface area (Å²) in [6.45, 7) is 10.1. The van der Waals surface area contributed by atoms with Crippen molar-refractivity contribution in [2.24, 2.45) is 40.4 Å². The van der Waals surface area contributed by atoms with Crippen LogP contribution in [0.2, 0.25) is 0 Å². The van der Waals surface area contributed by atoms with Gasteiger partial charge >= 0.3 is 0 Å². The Hall–Kier alpha value is -3.90. The number of Topliss-reactive ketones (excluding diaryl/α,β-unsaturated/α-hetero) is 2. The lowest BCUT2D eigenvalue weighted by molar-refractivity contribution is -0.235. The molecule has 0 aromatic heterocycles. The van der Waals surface area contributed by atoms with E-state index < -0.39 is 82.7 Å². The van der Waals surface area contributed by atoms with Gasteiger partial charge in [-0.15, -0.1) is 0 Å². The fourth-order valence-corrected chi connectivity index (χ4v) is 10.7. The van der Waals surface area contributed by atoms with Gasteiger partial charge in [-0.1, -0.05) is 77.1 Å². The number of amides is 1. The molecule has 3 N–H and O–H groups in total. The van der Waals surface area contributed by atoms with Crippen LogP contribution in [0.15, 0.2) is 72.3 Å². The Morgan fingerprint density at radius 2 is 1.71 bits per heavy atom. The lowest BCUT2D eigenvalue weighted by Crippen LogP contribution is -2.70. The van der Waals surface area contributed by atoms with E-state index in [1.54, 1.807) is 13.8 Å². The number of carbonyl (C=O) groups is 4. The van der Waals surface area contributed by atoms with Gasteiger partial charge in [-0.05, 0) is 85.4 Å². The van der Waals surface area contributed by atoms with E-state index in [-0.39, 0.29) is 54.8 Å². The minimum atomic E-state index is -2.32. The van der Waals surface area contributed by atoms with Crippen LogP contribution in [0.5, 0.6) is 0 Å². The Bertz CT molecular complexity index is 1980. The van der Waals surface area contributed by atoms with Gasteiger partial charge in [0.25, 0.3) is 0 Å². The van der Waals surface area contributed by atoms with Crippen molar-refractivity contribution in [2.45, 2.75) is 110 Å². The minimum absolute atomic E-state index is 0.0206. The molecule has 12 atom stereocenters. The highest BCUT2D eigenvalue weighted by Crippen LogP contribution is 2.72. The standard InChI is InChI=1S/C45H53F2NO8/c1-24(2)26(4)36(51)16-25(3)40(54)48-30-9-7-8-28(18-30)17-27-10-12-29(13-11-27)41-55-39-21-32-33-20-35(46)34-19-31(50)14-15-42(34,5)44(33,47)37(52)22-43(32,6)45(39,56-41)38(53)23-49/h7-15,18-19,24-26,32-33,35,37,39,41,49,52H,16-17,20-23H2,1-6H3,(H,48,54)/t25-,26+,32+,33+,35+,37+,39-,41?,42+,43+,44+,45-/m1/s1. The van der Waals surface area contributed by atoms with Crippen LogP contribution in [0.25, 0.3) is 0 Å². The van der Waals surface area contributed by atoms with Crippen LogP contribution in [0.4, 0.5) is 14.5 Å². The first kappa shape index (κ1) is 40.3. The summed E-state index contributed by atoms with van der Waals surface area (Å²) >= 11 is 0. The van der Waals surface area contributed by atoms with Gasteiger partial charge in [-0.3, -0.25) is 19.2 Å². The molecule has 56 heavy (non-hydrogen) atoms. The van der Waals surface area contributed by atoms with E-state index in [1.807, 2.05) is 69.3 Å². The summed E-state index contributed by atoms with van der Waals surface area (Å²) in [5, 5.41) is 25.0. The van der Waals surface area contributed by atoms with Crippen LogP contribution in [0.3, 0.4) is 0 Å². The minimum Gasteiger partial charge on any atom is -0.390 e. The first-order valence-corrected chi connectivity index (χ1v) is 19.8. The number of fused-ring (bicyclic) bond motifs is 7. The number of allylic oxidation sites excluding steroid dienone is 4. The fourth-order valence-electron chi connectivity index (χ4n) is 10.7. The number of aliphatic hydroxyl groups is 2. The lowest BCUT2D eigenvalue weighted by atomic mass is 9.44. The van der Waals surface area contributed by atoms with Crippen LogP contribution in [-0.2, 0) is 35.1 Å². The molecule has 2 aromatic carbocycles. The maximum atomic E-state index is 17.7. The molecular weight excluding hydrogens is 720 g/mol. The second-order valence-electron chi connectivity index (χ2n) is 17.7.